The fourth-order valence-electron chi connectivity index (χ4n) is 3.89. The smallest absolute Gasteiger partial charge is 0.410 e. The minimum absolute atomic E-state index is 0.0280. The van der Waals surface area contributed by atoms with Gasteiger partial charge in [-0.2, -0.15) is 0 Å². The van der Waals surface area contributed by atoms with Crippen molar-refractivity contribution >= 4 is 17.7 Å². The summed E-state index contributed by atoms with van der Waals surface area (Å²) < 4.78 is 16.1. The molecule has 194 valence electrons. The number of nitro benzene ring substituents is 1. The topological polar surface area (TPSA) is 108 Å². The quantitative estimate of drug-likeness (QED) is 0.187. The first kappa shape index (κ1) is 27.2. The minimum Gasteiger partial charge on any atom is -0.466 e. The number of nitro groups is 1. The molecule has 0 radical (unpaired) electrons. The lowest BCUT2D eigenvalue weighted by Gasteiger charge is -2.28. The van der Waals surface area contributed by atoms with E-state index in [1.165, 1.54) is 30.2 Å². The number of rotatable bonds is 11. The Morgan fingerprint density at radius 2 is 1.73 bits per heavy atom. The van der Waals surface area contributed by atoms with E-state index < -0.39 is 11.0 Å². The van der Waals surface area contributed by atoms with Gasteiger partial charge in [0.1, 0.15) is 11.5 Å². The first-order valence-corrected chi connectivity index (χ1v) is 11.9. The molecule has 9 nitrogen and oxygen atoms in total. The molecule has 0 aliphatic carbocycles. The molecule has 3 rings (SSSR count). The number of ether oxygens (including phenoxy) is 3. The summed E-state index contributed by atoms with van der Waals surface area (Å²) in [5.41, 5.74) is 2.05. The highest BCUT2D eigenvalue weighted by Gasteiger charge is 2.24. The second kappa shape index (κ2) is 13.1. The third kappa shape index (κ3) is 7.79. The largest absolute Gasteiger partial charge is 0.466 e. The standard InChI is InChI=1S/C28H30N2O7/c1-4-36-27(31)17-22-11-8-12-25(16-22)37-26-14-13-24(30(33)34)18-23(26)19-29(28(32)35-3)20(2)15-21-9-6-5-7-10-21/h5-14,16,18,20H,4,15,17,19H2,1-3H3. The SMILES string of the molecule is CCOC(=O)Cc1cccc(Oc2ccc([N+](=O)[O-])cc2CN(C(=O)OC)C(C)Cc2ccccc2)c1. The van der Waals surface area contributed by atoms with Crippen LogP contribution in [0, 0.1) is 10.1 Å². The number of esters is 1. The van der Waals surface area contributed by atoms with Crippen molar-refractivity contribution in [3.63, 3.8) is 0 Å². The molecule has 0 saturated carbocycles. The highest BCUT2D eigenvalue weighted by atomic mass is 16.6. The molecule has 3 aromatic carbocycles. The number of hydrogen-bond donors (Lipinski definition) is 0. The van der Waals surface area contributed by atoms with Crippen LogP contribution >= 0.6 is 0 Å². The summed E-state index contributed by atoms with van der Waals surface area (Å²) in [6.45, 7) is 3.95. The van der Waals surface area contributed by atoms with Crippen LogP contribution in [0.3, 0.4) is 0 Å². The molecule has 0 spiro atoms. The van der Waals surface area contributed by atoms with Gasteiger partial charge in [0.05, 0.1) is 31.6 Å². The Hall–Kier alpha value is -4.40. The summed E-state index contributed by atoms with van der Waals surface area (Å²) in [5.74, 6) is 0.440. The lowest BCUT2D eigenvalue weighted by molar-refractivity contribution is -0.385. The van der Waals surface area contributed by atoms with Crippen LogP contribution < -0.4 is 4.74 Å². The average molecular weight is 507 g/mol. The number of carbonyl (C=O) groups excluding carboxylic acids is 2. The van der Waals surface area contributed by atoms with E-state index in [0.717, 1.165) is 5.56 Å². The fourth-order valence-corrected chi connectivity index (χ4v) is 3.89. The first-order chi connectivity index (χ1) is 17.8. The van der Waals surface area contributed by atoms with Crippen molar-refractivity contribution in [1.82, 2.24) is 4.90 Å². The molecule has 3 aromatic rings. The monoisotopic (exact) mass is 506 g/mol. The van der Waals surface area contributed by atoms with Crippen molar-refractivity contribution in [2.75, 3.05) is 13.7 Å². The summed E-state index contributed by atoms with van der Waals surface area (Å²) in [6.07, 6.45) is 0.0970. The molecule has 37 heavy (non-hydrogen) atoms. The van der Waals surface area contributed by atoms with Crippen molar-refractivity contribution in [1.29, 1.82) is 0 Å². The first-order valence-electron chi connectivity index (χ1n) is 11.9. The maximum atomic E-state index is 12.7. The zero-order valence-corrected chi connectivity index (χ0v) is 21.1. The summed E-state index contributed by atoms with van der Waals surface area (Å²) in [5, 5.41) is 11.5. The number of hydrogen-bond acceptors (Lipinski definition) is 7. The third-order valence-electron chi connectivity index (χ3n) is 5.69. The number of amides is 1. The summed E-state index contributed by atoms with van der Waals surface area (Å²) in [6, 6.07) is 20.6. The van der Waals surface area contributed by atoms with Gasteiger partial charge in [-0.25, -0.2) is 4.79 Å². The van der Waals surface area contributed by atoms with E-state index in [2.05, 4.69) is 0 Å². The minimum atomic E-state index is -0.558. The van der Waals surface area contributed by atoms with Crippen molar-refractivity contribution < 1.29 is 28.7 Å². The molecule has 0 aliphatic heterocycles. The molecule has 0 N–H and O–H groups in total. The molecule has 0 aliphatic rings. The molecule has 9 heteroatoms. The van der Waals surface area contributed by atoms with Crippen molar-refractivity contribution in [3.05, 3.63) is 99.6 Å². The molecule has 1 atom stereocenters. The Labute approximate surface area is 215 Å². The maximum Gasteiger partial charge on any atom is 0.410 e. The van der Waals surface area contributed by atoms with Gasteiger partial charge in [-0.1, -0.05) is 42.5 Å². The van der Waals surface area contributed by atoms with Crippen LogP contribution in [0.1, 0.15) is 30.5 Å². The molecule has 0 heterocycles. The predicted octanol–water partition coefficient (Wildman–Crippen LogP) is 5.69. The van der Waals surface area contributed by atoms with Crippen LogP contribution in [-0.2, 0) is 33.7 Å². The number of carbonyl (C=O) groups is 2. The Morgan fingerprint density at radius 1 is 1.00 bits per heavy atom. The molecular weight excluding hydrogens is 476 g/mol. The van der Waals surface area contributed by atoms with E-state index in [9.17, 15) is 19.7 Å². The van der Waals surface area contributed by atoms with Gasteiger partial charge < -0.3 is 19.1 Å². The Morgan fingerprint density at radius 3 is 2.41 bits per heavy atom. The van der Waals surface area contributed by atoms with Crippen LogP contribution in [0.4, 0.5) is 10.5 Å². The number of non-ortho nitro benzene ring substituents is 1. The van der Waals surface area contributed by atoms with Gasteiger partial charge in [0.25, 0.3) is 5.69 Å². The second-order valence-corrected chi connectivity index (χ2v) is 8.42. The van der Waals surface area contributed by atoms with E-state index >= 15 is 0 Å². The van der Waals surface area contributed by atoms with Crippen molar-refractivity contribution in [2.45, 2.75) is 39.3 Å². The normalized spacial score (nSPS) is 11.3. The van der Waals surface area contributed by atoms with Gasteiger partial charge in [-0.05, 0) is 49.6 Å². The van der Waals surface area contributed by atoms with Crippen LogP contribution in [0.2, 0.25) is 0 Å². The summed E-state index contributed by atoms with van der Waals surface area (Å²) >= 11 is 0. The molecule has 0 aromatic heterocycles. The van der Waals surface area contributed by atoms with Gasteiger partial charge in [0.15, 0.2) is 0 Å². The average Bonchev–Trinajstić information content (AvgIpc) is 2.88. The molecule has 0 saturated heterocycles. The second-order valence-electron chi connectivity index (χ2n) is 8.42. The highest BCUT2D eigenvalue weighted by molar-refractivity contribution is 5.72. The van der Waals surface area contributed by atoms with E-state index in [0.29, 0.717) is 35.7 Å². The zero-order chi connectivity index (χ0) is 26.8. The van der Waals surface area contributed by atoms with E-state index in [1.807, 2.05) is 37.3 Å². The predicted molar refractivity (Wildman–Crippen MR) is 138 cm³/mol. The van der Waals surface area contributed by atoms with Crippen molar-refractivity contribution in [3.8, 4) is 11.5 Å². The Kier molecular flexibility index (Phi) is 9.60. The fraction of sp³-hybridized carbons (Fsp3) is 0.286. The lowest BCUT2D eigenvalue weighted by Crippen LogP contribution is -2.39. The van der Waals surface area contributed by atoms with Gasteiger partial charge in [0.2, 0.25) is 0 Å². The number of methoxy groups -OCH3 is 1. The lowest BCUT2D eigenvalue weighted by atomic mass is 10.0. The van der Waals surface area contributed by atoms with Crippen LogP contribution in [0.25, 0.3) is 0 Å². The molecule has 0 fully saturated rings. The van der Waals surface area contributed by atoms with Gasteiger partial charge in [-0.15, -0.1) is 0 Å². The van der Waals surface area contributed by atoms with Gasteiger partial charge >= 0.3 is 12.1 Å². The summed E-state index contributed by atoms with van der Waals surface area (Å²) in [4.78, 5) is 37.1. The third-order valence-corrected chi connectivity index (χ3v) is 5.69. The van der Waals surface area contributed by atoms with Gasteiger partial charge in [-0.3, -0.25) is 14.9 Å². The maximum absolute atomic E-state index is 12.7. The Balaban J connectivity index is 1.90. The summed E-state index contributed by atoms with van der Waals surface area (Å²) in [7, 11) is 1.30. The molecule has 1 unspecified atom stereocenters. The van der Waals surface area contributed by atoms with E-state index in [-0.39, 0.29) is 30.7 Å². The van der Waals surface area contributed by atoms with Crippen LogP contribution in [0.5, 0.6) is 11.5 Å². The molecule has 1 amide bonds. The molecular formula is C28H30N2O7. The van der Waals surface area contributed by atoms with E-state index in [4.69, 9.17) is 14.2 Å². The zero-order valence-electron chi connectivity index (χ0n) is 21.1. The highest BCUT2D eigenvalue weighted by Crippen LogP contribution is 2.31. The van der Waals surface area contributed by atoms with Gasteiger partial charge in [0, 0.05) is 23.7 Å². The Bertz CT molecular complexity index is 1230. The number of nitrogens with zero attached hydrogens (tertiary/aromatic N) is 2. The van der Waals surface area contributed by atoms with E-state index in [1.54, 1.807) is 31.2 Å². The number of benzene rings is 3. The van der Waals surface area contributed by atoms with Crippen LogP contribution in [0.15, 0.2) is 72.8 Å². The van der Waals surface area contributed by atoms with Crippen LogP contribution in [-0.4, -0.2) is 41.6 Å². The molecule has 0 bridgehead atoms. The van der Waals surface area contributed by atoms with Crippen molar-refractivity contribution in [2.24, 2.45) is 0 Å².